The standard InChI is InChI=1S/C14H17FN2O/c1-3-17(4-2)14(18)7-10-9-16-13-6-5-11(15)8-12(10)13/h5-6,8-9,16H,3-4,7H2,1-2H3. The second kappa shape index (κ2) is 5.21. The number of likely N-dealkylation sites (N-methyl/N-ethyl adjacent to an activating group) is 1. The van der Waals surface area contributed by atoms with Crippen molar-refractivity contribution in [1.29, 1.82) is 0 Å². The topological polar surface area (TPSA) is 36.1 Å². The Morgan fingerprint density at radius 2 is 2.06 bits per heavy atom. The molecular formula is C14H17FN2O. The smallest absolute Gasteiger partial charge is 0.227 e. The van der Waals surface area contributed by atoms with Gasteiger partial charge < -0.3 is 9.88 Å². The van der Waals surface area contributed by atoms with Crippen molar-refractivity contribution in [2.75, 3.05) is 13.1 Å². The molecule has 18 heavy (non-hydrogen) atoms. The first-order valence-corrected chi connectivity index (χ1v) is 6.19. The van der Waals surface area contributed by atoms with Crippen LogP contribution in [0.5, 0.6) is 0 Å². The molecule has 1 heterocycles. The molecule has 0 radical (unpaired) electrons. The molecule has 0 saturated carbocycles. The van der Waals surface area contributed by atoms with E-state index in [1.807, 2.05) is 13.8 Å². The molecule has 2 aromatic rings. The number of hydrogen-bond donors (Lipinski definition) is 1. The summed E-state index contributed by atoms with van der Waals surface area (Å²) in [6.45, 7) is 5.31. The van der Waals surface area contributed by atoms with Crippen molar-refractivity contribution in [2.45, 2.75) is 20.3 Å². The molecule has 0 fully saturated rings. The van der Waals surface area contributed by atoms with Crippen molar-refractivity contribution in [3.63, 3.8) is 0 Å². The van der Waals surface area contributed by atoms with E-state index >= 15 is 0 Å². The molecule has 3 nitrogen and oxygen atoms in total. The van der Waals surface area contributed by atoms with Crippen LogP contribution in [-0.2, 0) is 11.2 Å². The molecule has 1 amide bonds. The second-order valence-electron chi connectivity index (χ2n) is 4.25. The molecule has 0 saturated heterocycles. The molecule has 1 N–H and O–H groups in total. The summed E-state index contributed by atoms with van der Waals surface area (Å²) < 4.78 is 13.2. The number of rotatable bonds is 4. The van der Waals surface area contributed by atoms with E-state index in [1.165, 1.54) is 12.1 Å². The lowest BCUT2D eigenvalue weighted by Gasteiger charge is -2.18. The SMILES string of the molecule is CCN(CC)C(=O)Cc1c[nH]c2ccc(F)cc12. The zero-order chi connectivity index (χ0) is 13.1. The summed E-state index contributed by atoms with van der Waals surface area (Å²) in [4.78, 5) is 16.9. The van der Waals surface area contributed by atoms with Crippen LogP contribution in [0.3, 0.4) is 0 Å². The Morgan fingerprint density at radius 3 is 2.72 bits per heavy atom. The number of hydrogen-bond acceptors (Lipinski definition) is 1. The fraction of sp³-hybridized carbons (Fsp3) is 0.357. The minimum atomic E-state index is -0.279. The van der Waals surface area contributed by atoms with E-state index in [9.17, 15) is 9.18 Å². The fourth-order valence-corrected chi connectivity index (χ4v) is 2.15. The van der Waals surface area contributed by atoms with Gasteiger partial charge in [-0.2, -0.15) is 0 Å². The van der Waals surface area contributed by atoms with E-state index in [2.05, 4.69) is 4.98 Å². The van der Waals surface area contributed by atoms with Gasteiger partial charge in [-0.3, -0.25) is 4.79 Å². The molecule has 0 atom stereocenters. The highest BCUT2D eigenvalue weighted by molar-refractivity contribution is 5.88. The van der Waals surface area contributed by atoms with E-state index in [-0.39, 0.29) is 11.7 Å². The van der Waals surface area contributed by atoms with Crippen molar-refractivity contribution < 1.29 is 9.18 Å². The molecule has 0 spiro atoms. The first kappa shape index (κ1) is 12.6. The maximum absolute atomic E-state index is 13.2. The Labute approximate surface area is 106 Å². The average molecular weight is 248 g/mol. The zero-order valence-corrected chi connectivity index (χ0v) is 10.7. The summed E-state index contributed by atoms with van der Waals surface area (Å²) in [6.07, 6.45) is 2.09. The third-order valence-corrected chi connectivity index (χ3v) is 3.19. The van der Waals surface area contributed by atoms with Crippen LogP contribution >= 0.6 is 0 Å². The number of H-pyrrole nitrogens is 1. The average Bonchev–Trinajstić information content (AvgIpc) is 2.73. The van der Waals surface area contributed by atoms with Crippen LogP contribution in [0.25, 0.3) is 10.9 Å². The predicted octanol–water partition coefficient (Wildman–Crippen LogP) is 2.72. The highest BCUT2D eigenvalue weighted by Gasteiger charge is 2.13. The predicted molar refractivity (Wildman–Crippen MR) is 69.9 cm³/mol. The highest BCUT2D eigenvalue weighted by atomic mass is 19.1. The molecule has 0 unspecified atom stereocenters. The third-order valence-electron chi connectivity index (χ3n) is 3.19. The van der Waals surface area contributed by atoms with Crippen molar-refractivity contribution in [2.24, 2.45) is 0 Å². The molecule has 2 rings (SSSR count). The third kappa shape index (κ3) is 2.37. The first-order valence-electron chi connectivity index (χ1n) is 6.19. The lowest BCUT2D eigenvalue weighted by atomic mass is 10.1. The highest BCUT2D eigenvalue weighted by Crippen LogP contribution is 2.20. The second-order valence-corrected chi connectivity index (χ2v) is 4.25. The van der Waals surface area contributed by atoms with Crippen LogP contribution in [0.2, 0.25) is 0 Å². The summed E-state index contributed by atoms with van der Waals surface area (Å²) in [7, 11) is 0. The summed E-state index contributed by atoms with van der Waals surface area (Å²) in [6, 6.07) is 4.57. The Balaban J connectivity index is 2.26. The molecule has 0 bridgehead atoms. The van der Waals surface area contributed by atoms with E-state index < -0.39 is 0 Å². The van der Waals surface area contributed by atoms with Gasteiger partial charge >= 0.3 is 0 Å². The van der Waals surface area contributed by atoms with Crippen LogP contribution in [-0.4, -0.2) is 28.9 Å². The first-order chi connectivity index (χ1) is 8.65. The number of nitrogens with zero attached hydrogens (tertiary/aromatic N) is 1. The normalized spacial score (nSPS) is 10.8. The number of carbonyl (C=O) groups is 1. The Bertz CT molecular complexity index is 558. The van der Waals surface area contributed by atoms with E-state index in [4.69, 9.17) is 0 Å². The van der Waals surface area contributed by atoms with Gasteiger partial charge in [0.2, 0.25) is 5.91 Å². The van der Waals surface area contributed by atoms with Gasteiger partial charge in [-0.15, -0.1) is 0 Å². The van der Waals surface area contributed by atoms with Gasteiger partial charge in [0, 0.05) is 30.2 Å². The fourth-order valence-electron chi connectivity index (χ4n) is 2.15. The van der Waals surface area contributed by atoms with Gasteiger partial charge in [-0.05, 0) is 37.6 Å². The van der Waals surface area contributed by atoms with Gasteiger partial charge in [0.25, 0.3) is 0 Å². The van der Waals surface area contributed by atoms with Gasteiger partial charge in [-0.1, -0.05) is 0 Å². The van der Waals surface area contributed by atoms with Crippen molar-refractivity contribution >= 4 is 16.8 Å². The minimum absolute atomic E-state index is 0.0742. The molecule has 1 aromatic carbocycles. The summed E-state index contributed by atoms with van der Waals surface area (Å²) in [5.41, 5.74) is 1.71. The summed E-state index contributed by atoms with van der Waals surface area (Å²) >= 11 is 0. The number of nitrogens with one attached hydrogen (secondary N) is 1. The van der Waals surface area contributed by atoms with E-state index in [0.717, 1.165) is 16.5 Å². The molecule has 1 aromatic heterocycles. The Hall–Kier alpha value is -1.84. The zero-order valence-electron chi connectivity index (χ0n) is 10.7. The molecule has 4 heteroatoms. The van der Waals surface area contributed by atoms with Crippen molar-refractivity contribution in [3.8, 4) is 0 Å². The molecular weight excluding hydrogens is 231 g/mol. The van der Waals surface area contributed by atoms with E-state index in [1.54, 1.807) is 17.2 Å². The van der Waals surface area contributed by atoms with Gasteiger partial charge in [-0.25, -0.2) is 4.39 Å². The lowest BCUT2D eigenvalue weighted by Crippen LogP contribution is -2.31. The van der Waals surface area contributed by atoms with Crippen molar-refractivity contribution in [1.82, 2.24) is 9.88 Å². The van der Waals surface area contributed by atoms with Gasteiger partial charge in [0.1, 0.15) is 5.82 Å². The van der Waals surface area contributed by atoms with Crippen LogP contribution in [0, 0.1) is 5.82 Å². The summed E-state index contributed by atoms with van der Waals surface area (Å²) in [5, 5.41) is 0.788. The lowest BCUT2D eigenvalue weighted by molar-refractivity contribution is -0.130. The van der Waals surface area contributed by atoms with Crippen LogP contribution < -0.4 is 0 Å². The molecule has 0 aliphatic heterocycles. The van der Waals surface area contributed by atoms with Crippen LogP contribution in [0.4, 0.5) is 4.39 Å². The Morgan fingerprint density at radius 1 is 1.33 bits per heavy atom. The number of aromatic amines is 1. The molecule has 0 aliphatic carbocycles. The number of fused-ring (bicyclic) bond motifs is 1. The van der Waals surface area contributed by atoms with E-state index in [0.29, 0.717) is 19.5 Å². The summed E-state index contributed by atoms with van der Waals surface area (Å²) in [5.74, 6) is -0.205. The van der Waals surface area contributed by atoms with Crippen molar-refractivity contribution in [3.05, 3.63) is 35.8 Å². The monoisotopic (exact) mass is 248 g/mol. The molecule has 0 aliphatic rings. The number of benzene rings is 1. The minimum Gasteiger partial charge on any atom is -0.361 e. The number of halogens is 1. The van der Waals surface area contributed by atoms with Crippen LogP contribution in [0.1, 0.15) is 19.4 Å². The maximum Gasteiger partial charge on any atom is 0.227 e. The van der Waals surface area contributed by atoms with Crippen LogP contribution in [0.15, 0.2) is 24.4 Å². The maximum atomic E-state index is 13.2. The van der Waals surface area contributed by atoms with Gasteiger partial charge in [0.15, 0.2) is 0 Å². The Kier molecular flexibility index (Phi) is 3.65. The number of aromatic nitrogens is 1. The molecule has 96 valence electrons. The largest absolute Gasteiger partial charge is 0.361 e. The quantitative estimate of drug-likeness (QED) is 0.887. The number of amides is 1. The number of carbonyl (C=O) groups excluding carboxylic acids is 1. The van der Waals surface area contributed by atoms with Gasteiger partial charge in [0.05, 0.1) is 6.42 Å².